The molecule has 2 atom stereocenters. The second-order valence-corrected chi connectivity index (χ2v) is 20.5. The topological polar surface area (TPSA) is 122 Å². The molecule has 12 heteroatoms. The van der Waals surface area contributed by atoms with Gasteiger partial charge in [0.05, 0.1) is 0 Å². The summed E-state index contributed by atoms with van der Waals surface area (Å²) >= 11 is 0. The summed E-state index contributed by atoms with van der Waals surface area (Å²) in [5, 5.41) is 21.8. The maximum absolute atomic E-state index is 13.9. The number of hydrogen-bond acceptors (Lipinski definition) is 8. The van der Waals surface area contributed by atoms with E-state index in [1.165, 1.54) is 0 Å². The van der Waals surface area contributed by atoms with Crippen molar-refractivity contribution in [3.63, 3.8) is 0 Å². The zero-order valence-electron chi connectivity index (χ0n) is 37.3. The molecule has 4 amide bonds. The van der Waals surface area contributed by atoms with Crippen molar-refractivity contribution in [3.8, 4) is 0 Å². The maximum Gasteiger partial charge on any atom is 0.252 e. The number of carbonyl (C=O) groups excluding carboxylic acids is 4. The molecule has 0 aromatic heterocycles. The fraction of sp³-hybridized carbons (Fsp3) is 0.440. The smallest absolute Gasteiger partial charge is 0.252 e. The summed E-state index contributed by atoms with van der Waals surface area (Å²) in [5.74, 6) is 0.353. The predicted molar refractivity (Wildman–Crippen MR) is 253 cm³/mol. The van der Waals surface area contributed by atoms with Crippen LogP contribution in [0.5, 0.6) is 0 Å². The Morgan fingerprint density at radius 3 is 0.952 bits per heavy atom. The molecule has 2 N–H and O–H groups in total. The van der Waals surface area contributed by atoms with Crippen molar-refractivity contribution >= 4 is 45.2 Å². The van der Waals surface area contributed by atoms with Gasteiger partial charge in [-0.25, -0.2) is 0 Å². The van der Waals surface area contributed by atoms with Gasteiger partial charge in [0.2, 0.25) is 11.8 Å². The van der Waals surface area contributed by atoms with Crippen LogP contribution < -0.4 is 0 Å². The Morgan fingerprint density at radius 1 is 0.435 bits per heavy atom. The van der Waals surface area contributed by atoms with Gasteiger partial charge >= 0.3 is 0 Å². The standard InChI is InChI=1S/C50H66N4O6S2/c1-49(2,3)45(57)47(59)53(37-41-23-15-9-16-24-41)29-27-43(55)51(35-39-19-11-7-12-20-39)31-33-61-62-34-32-52(36-40-21-13-8-14-22-40)44(56)28-30-54(38-42-25-17-10-18-26-42)48(60)46(58)50(4,5)6/h7-26,45-46,57-58H,27-38H2,1-6H3. The molecule has 0 aliphatic rings. The second-order valence-electron chi connectivity index (χ2n) is 17.8. The number of nitrogens with zero attached hydrogens (tertiary/aromatic N) is 4. The van der Waals surface area contributed by atoms with Crippen LogP contribution in [0.2, 0.25) is 0 Å². The number of aliphatic hydroxyl groups excluding tert-OH is 2. The second kappa shape index (κ2) is 24.9. The highest BCUT2D eigenvalue weighted by Gasteiger charge is 2.34. The monoisotopic (exact) mass is 882 g/mol. The zero-order valence-corrected chi connectivity index (χ0v) is 39.0. The SMILES string of the molecule is CC(C)(C)C(O)C(=O)N(CCC(=O)N(CCSSCCN(Cc1ccccc1)C(=O)CCN(Cc1ccccc1)C(=O)C(O)C(C)(C)C)Cc1ccccc1)Cc1ccccc1. The van der Waals surface area contributed by atoms with Crippen LogP contribution in [-0.4, -0.2) is 103 Å². The first-order valence-corrected chi connectivity index (χ1v) is 23.9. The van der Waals surface area contributed by atoms with E-state index in [9.17, 15) is 29.4 Å². The van der Waals surface area contributed by atoms with Gasteiger partial charge in [-0.2, -0.15) is 0 Å². The molecule has 2 unspecified atom stereocenters. The van der Waals surface area contributed by atoms with E-state index in [1.807, 2.05) is 173 Å². The van der Waals surface area contributed by atoms with Crippen molar-refractivity contribution in [2.24, 2.45) is 10.8 Å². The van der Waals surface area contributed by atoms with Crippen molar-refractivity contribution in [3.05, 3.63) is 144 Å². The molecule has 0 radical (unpaired) electrons. The summed E-state index contributed by atoms with van der Waals surface area (Å²) in [5.41, 5.74) is 2.54. The van der Waals surface area contributed by atoms with Crippen LogP contribution in [0.15, 0.2) is 121 Å². The van der Waals surface area contributed by atoms with Gasteiger partial charge in [0.1, 0.15) is 12.2 Å². The summed E-state index contributed by atoms with van der Waals surface area (Å²) < 4.78 is 0. The molecule has 0 fully saturated rings. The maximum atomic E-state index is 13.9. The molecule has 0 aliphatic carbocycles. The van der Waals surface area contributed by atoms with Crippen molar-refractivity contribution in [2.75, 3.05) is 37.7 Å². The molecule has 10 nitrogen and oxygen atoms in total. The molecule has 0 aliphatic heterocycles. The molecular formula is C50H66N4O6S2. The van der Waals surface area contributed by atoms with Crippen molar-refractivity contribution in [2.45, 2.75) is 92.8 Å². The van der Waals surface area contributed by atoms with Gasteiger partial charge in [-0.05, 0) is 33.1 Å². The minimum Gasteiger partial charge on any atom is -0.383 e. The zero-order chi connectivity index (χ0) is 45.1. The van der Waals surface area contributed by atoms with Crippen molar-refractivity contribution in [1.29, 1.82) is 0 Å². The Balaban J connectivity index is 1.37. The highest BCUT2D eigenvalue weighted by atomic mass is 33.1. The van der Waals surface area contributed by atoms with Crippen LogP contribution >= 0.6 is 21.6 Å². The third-order valence-electron chi connectivity index (χ3n) is 10.5. The Labute approximate surface area is 377 Å². The van der Waals surface area contributed by atoms with E-state index in [0.717, 1.165) is 22.3 Å². The minimum atomic E-state index is -1.21. The molecule has 0 heterocycles. The predicted octanol–water partition coefficient (Wildman–Crippen LogP) is 8.08. The van der Waals surface area contributed by atoms with Crippen molar-refractivity contribution in [1.82, 2.24) is 19.6 Å². The van der Waals surface area contributed by atoms with E-state index >= 15 is 0 Å². The first kappa shape index (κ1) is 50.0. The lowest BCUT2D eigenvalue weighted by molar-refractivity contribution is -0.148. The first-order valence-electron chi connectivity index (χ1n) is 21.4. The molecule has 4 aromatic carbocycles. The quantitative estimate of drug-likeness (QED) is 0.0567. The van der Waals surface area contributed by atoms with Crippen LogP contribution in [0.1, 0.15) is 76.6 Å². The van der Waals surface area contributed by atoms with E-state index < -0.39 is 34.9 Å². The average Bonchev–Trinajstić information content (AvgIpc) is 3.26. The van der Waals surface area contributed by atoms with Crippen LogP contribution in [0.4, 0.5) is 0 Å². The number of aliphatic hydroxyl groups is 2. The minimum absolute atomic E-state index is 0.0787. The number of benzene rings is 4. The molecule has 62 heavy (non-hydrogen) atoms. The fourth-order valence-electron chi connectivity index (χ4n) is 6.61. The van der Waals surface area contributed by atoms with Crippen LogP contribution in [0.25, 0.3) is 0 Å². The number of amides is 4. The van der Waals surface area contributed by atoms with Crippen LogP contribution in [0.3, 0.4) is 0 Å². The normalized spacial score (nSPS) is 12.6. The molecule has 4 rings (SSSR count). The van der Waals surface area contributed by atoms with E-state index in [0.29, 0.717) is 50.8 Å². The molecule has 4 aromatic rings. The number of hydrogen-bond donors (Lipinski definition) is 2. The van der Waals surface area contributed by atoms with Gasteiger partial charge in [0.25, 0.3) is 11.8 Å². The van der Waals surface area contributed by atoms with Gasteiger partial charge in [-0.1, -0.05) is 184 Å². The Bertz CT molecular complexity index is 1820. The molecule has 0 bridgehead atoms. The van der Waals surface area contributed by atoms with Gasteiger partial charge in [0, 0.05) is 76.7 Å². The Morgan fingerprint density at radius 2 is 0.694 bits per heavy atom. The molecule has 0 saturated carbocycles. The van der Waals surface area contributed by atoms with Gasteiger partial charge < -0.3 is 29.8 Å². The van der Waals surface area contributed by atoms with Crippen LogP contribution in [-0.2, 0) is 45.4 Å². The lowest BCUT2D eigenvalue weighted by Crippen LogP contribution is -2.46. The molecule has 334 valence electrons. The number of rotatable bonds is 23. The van der Waals surface area contributed by atoms with Gasteiger partial charge in [0.15, 0.2) is 0 Å². The van der Waals surface area contributed by atoms with Crippen LogP contribution in [0, 0.1) is 10.8 Å². The summed E-state index contributed by atoms with van der Waals surface area (Å²) in [6.07, 6.45) is -2.19. The number of carbonyl (C=O) groups is 4. The molecule has 0 spiro atoms. The first-order chi connectivity index (χ1) is 29.5. The Kier molecular flexibility index (Phi) is 20.1. The summed E-state index contributed by atoms with van der Waals surface area (Å²) in [7, 11) is 3.29. The van der Waals surface area contributed by atoms with E-state index in [-0.39, 0.29) is 37.7 Å². The van der Waals surface area contributed by atoms with Gasteiger partial charge in [-0.3, -0.25) is 19.2 Å². The molecule has 0 saturated heterocycles. The molecular weight excluding hydrogens is 817 g/mol. The highest BCUT2D eigenvalue weighted by Crippen LogP contribution is 2.25. The largest absolute Gasteiger partial charge is 0.383 e. The van der Waals surface area contributed by atoms with Crippen molar-refractivity contribution < 1.29 is 29.4 Å². The third-order valence-corrected chi connectivity index (χ3v) is 12.8. The van der Waals surface area contributed by atoms with E-state index in [4.69, 9.17) is 0 Å². The highest BCUT2D eigenvalue weighted by molar-refractivity contribution is 8.76. The van der Waals surface area contributed by atoms with E-state index in [1.54, 1.807) is 31.4 Å². The summed E-state index contributed by atoms with van der Waals surface area (Å²) in [4.78, 5) is 61.8. The fourth-order valence-corrected chi connectivity index (χ4v) is 8.59. The average molecular weight is 883 g/mol. The summed E-state index contributed by atoms with van der Waals surface area (Å²) in [6.45, 7) is 13.7. The third kappa shape index (κ3) is 16.9. The Hall–Kier alpha value is -4.62. The van der Waals surface area contributed by atoms with E-state index in [2.05, 4.69) is 0 Å². The lowest BCUT2D eigenvalue weighted by Gasteiger charge is -2.32. The summed E-state index contributed by atoms with van der Waals surface area (Å²) in [6, 6.07) is 38.9. The van der Waals surface area contributed by atoms with Gasteiger partial charge in [-0.15, -0.1) is 0 Å². The lowest BCUT2D eigenvalue weighted by atomic mass is 9.88.